The summed E-state index contributed by atoms with van der Waals surface area (Å²) in [6.45, 7) is 3.76. The molecule has 1 aliphatic carbocycles. The van der Waals surface area contributed by atoms with Gasteiger partial charge in [-0.15, -0.1) is 11.3 Å². The lowest BCUT2D eigenvalue weighted by molar-refractivity contribution is -0.383. The molecule has 4 rings (SSSR count). The Bertz CT molecular complexity index is 1060. The van der Waals surface area contributed by atoms with Gasteiger partial charge in [-0.1, -0.05) is 0 Å². The minimum Gasteiger partial charge on any atom is -0.393 e. The number of nitro groups is 1. The smallest absolute Gasteiger partial charge is 0.393 e. The van der Waals surface area contributed by atoms with Crippen molar-refractivity contribution >= 4 is 32.1 Å². The zero-order chi connectivity index (χ0) is 23.0. The SMILES string of the molecule is O=c1cc(N2CCN(CC3CCC(O)CC3)CC2)sc2c([N+](=O)[O-])cc(C(F)(F)F)cc12. The Balaban J connectivity index is 1.53. The maximum atomic E-state index is 13.1. The van der Waals surface area contributed by atoms with Gasteiger partial charge in [-0.25, -0.2) is 0 Å². The van der Waals surface area contributed by atoms with E-state index in [4.69, 9.17) is 0 Å². The van der Waals surface area contributed by atoms with Crippen molar-refractivity contribution in [1.29, 1.82) is 0 Å². The number of hydrogen-bond acceptors (Lipinski definition) is 7. The van der Waals surface area contributed by atoms with Crippen molar-refractivity contribution in [1.82, 2.24) is 4.90 Å². The number of aliphatic hydroxyl groups excluding tert-OH is 1. The maximum Gasteiger partial charge on any atom is 0.416 e. The van der Waals surface area contributed by atoms with Crippen LogP contribution in [0.25, 0.3) is 10.1 Å². The molecule has 2 aromatic rings. The van der Waals surface area contributed by atoms with Crippen LogP contribution in [0.2, 0.25) is 0 Å². The fourth-order valence-electron chi connectivity index (χ4n) is 4.53. The lowest BCUT2D eigenvalue weighted by atomic mass is 9.87. The van der Waals surface area contributed by atoms with Crippen LogP contribution in [-0.4, -0.2) is 53.8 Å². The third-order valence-corrected chi connectivity index (χ3v) is 7.56. The number of nitrogens with zero attached hydrogens (tertiary/aromatic N) is 3. The third-order valence-electron chi connectivity index (χ3n) is 6.34. The van der Waals surface area contributed by atoms with Crippen LogP contribution in [0.4, 0.5) is 23.9 Å². The Morgan fingerprint density at radius 1 is 1.09 bits per heavy atom. The predicted molar refractivity (Wildman–Crippen MR) is 116 cm³/mol. The fraction of sp³-hybridized carbons (Fsp3) is 0.571. The molecule has 1 aliphatic heterocycles. The molecule has 0 bridgehead atoms. The first-order chi connectivity index (χ1) is 15.1. The summed E-state index contributed by atoms with van der Waals surface area (Å²) in [5.41, 5.74) is -2.54. The molecule has 2 fully saturated rings. The standard InChI is InChI=1S/C21H24F3N3O4S/c22-21(23,24)14-9-16-18(29)11-19(32-20(16)17(10-14)27(30)31)26-7-5-25(6-8-26)12-13-1-3-15(28)4-2-13/h9-11,13,15,28H,1-8,12H2. The summed E-state index contributed by atoms with van der Waals surface area (Å²) in [5, 5.41) is 21.4. The Hall–Kier alpha value is -2.24. The van der Waals surface area contributed by atoms with E-state index in [0.717, 1.165) is 56.7 Å². The quantitative estimate of drug-likeness (QED) is 0.538. The number of alkyl halides is 3. The molecule has 11 heteroatoms. The fourth-order valence-corrected chi connectivity index (χ4v) is 5.72. The summed E-state index contributed by atoms with van der Waals surface area (Å²) in [5.74, 6) is 0.562. The molecule has 0 spiro atoms. The van der Waals surface area contributed by atoms with Crippen molar-refractivity contribution < 1.29 is 23.2 Å². The summed E-state index contributed by atoms with van der Waals surface area (Å²) in [6.07, 6.45) is -1.26. The Morgan fingerprint density at radius 2 is 1.75 bits per heavy atom. The molecule has 1 aromatic heterocycles. The van der Waals surface area contributed by atoms with Crippen LogP contribution in [0, 0.1) is 16.0 Å². The van der Waals surface area contributed by atoms with E-state index >= 15 is 0 Å². The van der Waals surface area contributed by atoms with E-state index in [1.165, 1.54) is 6.07 Å². The molecule has 1 saturated heterocycles. The number of anilines is 1. The van der Waals surface area contributed by atoms with E-state index in [1.54, 1.807) is 0 Å². The highest BCUT2D eigenvalue weighted by molar-refractivity contribution is 7.22. The first-order valence-electron chi connectivity index (χ1n) is 10.6. The van der Waals surface area contributed by atoms with E-state index in [1.807, 2.05) is 4.90 Å². The van der Waals surface area contributed by atoms with Crippen LogP contribution in [0.1, 0.15) is 31.2 Å². The van der Waals surface area contributed by atoms with E-state index in [-0.39, 0.29) is 16.2 Å². The topological polar surface area (TPSA) is 86.9 Å². The maximum absolute atomic E-state index is 13.1. The molecular weight excluding hydrogens is 447 g/mol. The van der Waals surface area contributed by atoms with E-state index in [9.17, 15) is 33.2 Å². The molecule has 0 amide bonds. The molecule has 0 unspecified atom stereocenters. The largest absolute Gasteiger partial charge is 0.416 e. The molecule has 174 valence electrons. The Kier molecular flexibility index (Phi) is 6.42. The number of fused-ring (bicyclic) bond motifs is 1. The summed E-state index contributed by atoms with van der Waals surface area (Å²) in [6, 6.07) is 2.49. The van der Waals surface area contributed by atoms with Gasteiger partial charge in [-0.05, 0) is 37.7 Å². The first kappa shape index (κ1) is 22.9. The lowest BCUT2D eigenvalue weighted by Crippen LogP contribution is -2.48. The molecule has 32 heavy (non-hydrogen) atoms. The normalized spacial score (nSPS) is 22.9. The number of nitro benzene ring substituents is 1. The summed E-state index contributed by atoms with van der Waals surface area (Å²) in [4.78, 5) is 27.5. The highest BCUT2D eigenvalue weighted by atomic mass is 32.1. The second kappa shape index (κ2) is 8.95. The van der Waals surface area contributed by atoms with Gasteiger partial charge in [0.1, 0.15) is 4.70 Å². The van der Waals surface area contributed by atoms with Gasteiger partial charge in [0.2, 0.25) is 0 Å². The number of piperazine rings is 1. The monoisotopic (exact) mass is 471 g/mol. The minimum atomic E-state index is -4.78. The van der Waals surface area contributed by atoms with Crippen LogP contribution >= 0.6 is 11.3 Å². The molecule has 1 N–H and O–H groups in total. The Labute approximate surface area is 186 Å². The van der Waals surface area contributed by atoms with Gasteiger partial charge in [-0.3, -0.25) is 19.8 Å². The van der Waals surface area contributed by atoms with Crippen LogP contribution in [0.5, 0.6) is 0 Å². The number of non-ortho nitro benzene ring substituents is 1. The van der Waals surface area contributed by atoms with Crippen molar-refractivity contribution in [2.75, 3.05) is 37.6 Å². The summed E-state index contributed by atoms with van der Waals surface area (Å²) in [7, 11) is 0. The highest BCUT2D eigenvalue weighted by Crippen LogP contribution is 2.39. The van der Waals surface area contributed by atoms with Crippen molar-refractivity contribution in [3.8, 4) is 0 Å². The number of aliphatic hydroxyl groups is 1. The Morgan fingerprint density at radius 3 is 2.34 bits per heavy atom. The van der Waals surface area contributed by atoms with Crippen LogP contribution in [-0.2, 0) is 6.18 Å². The molecule has 1 saturated carbocycles. The van der Waals surface area contributed by atoms with Crippen molar-refractivity contribution in [2.45, 2.75) is 38.0 Å². The number of hydrogen-bond donors (Lipinski definition) is 1. The zero-order valence-corrected chi connectivity index (χ0v) is 18.1. The van der Waals surface area contributed by atoms with Crippen LogP contribution in [0.15, 0.2) is 23.0 Å². The van der Waals surface area contributed by atoms with Crippen molar-refractivity contribution in [3.05, 3.63) is 44.1 Å². The van der Waals surface area contributed by atoms with Crippen molar-refractivity contribution in [3.63, 3.8) is 0 Å². The van der Waals surface area contributed by atoms with Crippen LogP contribution < -0.4 is 10.3 Å². The van der Waals surface area contributed by atoms with Gasteiger partial charge in [0.15, 0.2) is 5.43 Å². The average Bonchev–Trinajstić information content (AvgIpc) is 2.74. The van der Waals surface area contributed by atoms with Gasteiger partial charge in [0.25, 0.3) is 5.69 Å². The number of benzene rings is 1. The predicted octanol–water partition coefficient (Wildman–Crippen LogP) is 3.86. The highest BCUT2D eigenvalue weighted by Gasteiger charge is 2.34. The molecule has 0 atom stereocenters. The van der Waals surface area contributed by atoms with E-state index in [0.29, 0.717) is 36.1 Å². The van der Waals surface area contributed by atoms with Gasteiger partial charge in [-0.2, -0.15) is 13.2 Å². The average molecular weight is 472 g/mol. The van der Waals surface area contributed by atoms with Crippen LogP contribution in [0.3, 0.4) is 0 Å². The summed E-state index contributed by atoms with van der Waals surface area (Å²) < 4.78 is 39.4. The van der Waals surface area contributed by atoms with Gasteiger partial charge >= 0.3 is 6.18 Å². The van der Waals surface area contributed by atoms with Gasteiger partial charge in [0.05, 0.1) is 21.6 Å². The molecule has 2 aliphatic rings. The minimum absolute atomic E-state index is 0.0336. The lowest BCUT2D eigenvalue weighted by Gasteiger charge is -2.38. The second-order valence-corrected chi connectivity index (χ2v) is 9.57. The van der Waals surface area contributed by atoms with E-state index in [2.05, 4.69) is 4.90 Å². The van der Waals surface area contributed by atoms with Gasteiger partial charge < -0.3 is 10.0 Å². The number of rotatable bonds is 4. The van der Waals surface area contributed by atoms with Gasteiger partial charge in [0, 0.05) is 50.2 Å². The zero-order valence-electron chi connectivity index (χ0n) is 17.3. The van der Waals surface area contributed by atoms with E-state index < -0.39 is 27.8 Å². The molecule has 0 radical (unpaired) electrons. The first-order valence-corrected chi connectivity index (χ1v) is 11.4. The molecule has 7 nitrogen and oxygen atoms in total. The number of halogens is 3. The molecule has 1 aromatic carbocycles. The third kappa shape index (κ3) is 4.89. The summed E-state index contributed by atoms with van der Waals surface area (Å²) >= 11 is 0.990. The van der Waals surface area contributed by atoms with Crippen molar-refractivity contribution in [2.24, 2.45) is 5.92 Å². The molecular formula is C21H24F3N3O4S. The molecule has 2 heterocycles. The second-order valence-electron chi connectivity index (χ2n) is 8.54.